The van der Waals surface area contributed by atoms with Gasteiger partial charge in [-0.15, -0.1) is 0 Å². The van der Waals surface area contributed by atoms with Crippen LogP contribution in [0.25, 0.3) is 6.08 Å². The lowest BCUT2D eigenvalue weighted by Crippen LogP contribution is -2.39. The second-order valence-corrected chi connectivity index (χ2v) is 9.54. The fourth-order valence-corrected chi connectivity index (χ4v) is 3.90. The molecular formula is C29H34BrN5O3. The molecule has 6 N–H and O–H groups in total. The third-order valence-corrected chi connectivity index (χ3v) is 6.20. The first-order valence-electron chi connectivity index (χ1n) is 12.4. The molecule has 0 saturated carbocycles. The number of nitrogens with one attached hydrogen (secondary N) is 2. The van der Waals surface area contributed by atoms with Crippen molar-refractivity contribution in [2.24, 2.45) is 5.73 Å². The molecule has 9 heteroatoms. The van der Waals surface area contributed by atoms with Crippen molar-refractivity contribution in [2.75, 3.05) is 55.8 Å². The highest BCUT2D eigenvalue weighted by Crippen LogP contribution is 2.17. The van der Waals surface area contributed by atoms with Crippen LogP contribution in [0.3, 0.4) is 0 Å². The Morgan fingerprint density at radius 1 is 0.947 bits per heavy atom. The Morgan fingerprint density at radius 2 is 1.63 bits per heavy atom. The van der Waals surface area contributed by atoms with Gasteiger partial charge in [-0.1, -0.05) is 52.3 Å². The molecule has 2 amide bonds. The lowest BCUT2D eigenvalue weighted by molar-refractivity contribution is -0.115. The van der Waals surface area contributed by atoms with E-state index >= 15 is 0 Å². The Morgan fingerprint density at radius 3 is 2.29 bits per heavy atom. The van der Waals surface area contributed by atoms with E-state index in [1.165, 1.54) is 6.08 Å². The number of amides is 2. The fourth-order valence-electron chi connectivity index (χ4n) is 3.63. The summed E-state index contributed by atoms with van der Waals surface area (Å²) in [5.74, 6) is -0.351. The molecule has 0 unspecified atom stereocenters. The van der Waals surface area contributed by atoms with Crippen molar-refractivity contribution in [3.05, 3.63) is 94.5 Å². The Hall–Kier alpha value is -3.50. The van der Waals surface area contributed by atoms with Gasteiger partial charge in [-0.25, -0.2) is 0 Å². The van der Waals surface area contributed by atoms with Crippen LogP contribution in [0.15, 0.2) is 83.3 Å². The zero-order valence-electron chi connectivity index (χ0n) is 21.2. The van der Waals surface area contributed by atoms with Crippen LogP contribution in [0, 0.1) is 0 Å². The molecule has 4 rings (SSSR count). The molecule has 0 aromatic heterocycles. The van der Waals surface area contributed by atoms with Gasteiger partial charge in [0.25, 0.3) is 0 Å². The van der Waals surface area contributed by atoms with Gasteiger partial charge in [0.1, 0.15) is 0 Å². The van der Waals surface area contributed by atoms with E-state index in [9.17, 15) is 9.59 Å². The highest BCUT2D eigenvalue weighted by molar-refractivity contribution is 9.10. The maximum absolute atomic E-state index is 12.2. The van der Waals surface area contributed by atoms with Crippen molar-refractivity contribution in [1.82, 2.24) is 4.90 Å². The molecule has 0 aliphatic carbocycles. The quantitative estimate of drug-likeness (QED) is 0.235. The standard InChI is InChI=1S/C23H20BrN3O2.C6H14N2O/c24-18-10-12-19(13-11-18)26-23(29)15-17-7-5-16(6-8-17)9-14-22(28)27-21-4-2-1-3-20(21)25;7-1-2-8-3-5-9-6-4-8/h1-14H,15,25H2,(H,26,29)(H,27,28);1-7H2/b14-9+;. The molecule has 1 aliphatic rings. The maximum atomic E-state index is 12.2. The second-order valence-electron chi connectivity index (χ2n) is 8.63. The number of nitrogens with two attached hydrogens (primary N) is 2. The van der Waals surface area contributed by atoms with Crippen LogP contribution < -0.4 is 22.1 Å². The smallest absolute Gasteiger partial charge is 0.248 e. The molecule has 1 fully saturated rings. The number of para-hydroxylation sites is 2. The van der Waals surface area contributed by atoms with Crippen LogP contribution >= 0.6 is 15.9 Å². The monoisotopic (exact) mass is 579 g/mol. The minimum atomic E-state index is -0.263. The summed E-state index contributed by atoms with van der Waals surface area (Å²) in [6.45, 7) is 5.64. The van der Waals surface area contributed by atoms with E-state index < -0.39 is 0 Å². The molecule has 3 aromatic carbocycles. The van der Waals surface area contributed by atoms with E-state index in [-0.39, 0.29) is 18.2 Å². The lowest BCUT2D eigenvalue weighted by atomic mass is 10.1. The molecule has 8 nitrogen and oxygen atoms in total. The predicted octanol–water partition coefficient (Wildman–Crippen LogP) is 4.14. The molecule has 3 aromatic rings. The summed E-state index contributed by atoms with van der Waals surface area (Å²) in [7, 11) is 0. The topological polar surface area (TPSA) is 123 Å². The normalized spacial score (nSPS) is 13.4. The van der Waals surface area contributed by atoms with Crippen molar-refractivity contribution in [3.8, 4) is 0 Å². The number of hydrogen-bond acceptors (Lipinski definition) is 6. The number of carbonyl (C=O) groups excluding carboxylic acids is 2. The molecule has 0 spiro atoms. The molecule has 38 heavy (non-hydrogen) atoms. The van der Waals surface area contributed by atoms with Gasteiger partial charge < -0.3 is 26.8 Å². The van der Waals surface area contributed by atoms with Gasteiger partial charge in [-0.2, -0.15) is 0 Å². The third-order valence-electron chi connectivity index (χ3n) is 5.67. The van der Waals surface area contributed by atoms with E-state index in [0.29, 0.717) is 11.4 Å². The maximum Gasteiger partial charge on any atom is 0.248 e. The van der Waals surface area contributed by atoms with Crippen molar-refractivity contribution >= 4 is 50.9 Å². The number of anilines is 3. The van der Waals surface area contributed by atoms with Gasteiger partial charge in [-0.05, 0) is 53.6 Å². The Labute approximate surface area is 232 Å². The SMILES string of the molecule is NCCN1CCOCC1.Nc1ccccc1NC(=O)/C=C/c1ccc(CC(=O)Nc2ccc(Br)cc2)cc1. The number of carbonyl (C=O) groups is 2. The molecule has 200 valence electrons. The minimum Gasteiger partial charge on any atom is -0.397 e. The summed E-state index contributed by atoms with van der Waals surface area (Å²) < 4.78 is 6.12. The Balaban J connectivity index is 0.000000375. The average Bonchev–Trinajstić information content (AvgIpc) is 2.92. The van der Waals surface area contributed by atoms with Crippen LogP contribution in [0.1, 0.15) is 11.1 Å². The summed E-state index contributed by atoms with van der Waals surface area (Å²) in [5.41, 5.74) is 14.8. The number of halogens is 1. The van der Waals surface area contributed by atoms with Crippen LogP contribution in [-0.2, 0) is 20.7 Å². The Bertz CT molecular complexity index is 1190. The Kier molecular flexibility index (Phi) is 12.0. The molecule has 1 heterocycles. The van der Waals surface area contributed by atoms with Gasteiger partial charge in [0.15, 0.2) is 0 Å². The number of morpholine rings is 1. The van der Waals surface area contributed by atoms with Crippen LogP contribution in [-0.4, -0.2) is 56.1 Å². The van der Waals surface area contributed by atoms with E-state index in [2.05, 4.69) is 31.5 Å². The van der Waals surface area contributed by atoms with Gasteiger partial charge in [0, 0.05) is 42.4 Å². The molecule has 1 aliphatic heterocycles. The number of nitrogen functional groups attached to an aromatic ring is 1. The molecular weight excluding hydrogens is 546 g/mol. The zero-order chi connectivity index (χ0) is 27.2. The highest BCUT2D eigenvalue weighted by Gasteiger charge is 2.08. The fraction of sp³-hybridized carbons (Fsp3) is 0.241. The number of nitrogens with zero attached hydrogens (tertiary/aromatic N) is 1. The summed E-state index contributed by atoms with van der Waals surface area (Å²) in [5, 5.41) is 5.60. The first-order valence-corrected chi connectivity index (χ1v) is 13.2. The number of benzene rings is 3. The van der Waals surface area contributed by atoms with Crippen LogP contribution in [0.5, 0.6) is 0 Å². The van der Waals surface area contributed by atoms with Crippen molar-refractivity contribution in [3.63, 3.8) is 0 Å². The van der Waals surface area contributed by atoms with Gasteiger partial charge in [0.2, 0.25) is 11.8 Å². The van der Waals surface area contributed by atoms with Crippen molar-refractivity contribution < 1.29 is 14.3 Å². The van der Waals surface area contributed by atoms with Crippen LogP contribution in [0.4, 0.5) is 17.1 Å². The van der Waals surface area contributed by atoms with E-state index in [0.717, 1.165) is 60.7 Å². The zero-order valence-corrected chi connectivity index (χ0v) is 22.8. The largest absolute Gasteiger partial charge is 0.397 e. The lowest BCUT2D eigenvalue weighted by Gasteiger charge is -2.25. The third kappa shape index (κ3) is 10.5. The molecule has 1 saturated heterocycles. The summed E-state index contributed by atoms with van der Waals surface area (Å²) in [6.07, 6.45) is 3.43. The average molecular weight is 581 g/mol. The van der Waals surface area contributed by atoms with Gasteiger partial charge in [-0.3, -0.25) is 14.5 Å². The van der Waals surface area contributed by atoms with Gasteiger partial charge >= 0.3 is 0 Å². The summed E-state index contributed by atoms with van der Waals surface area (Å²) >= 11 is 3.36. The molecule has 0 atom stereocenters. The minimum absolute atomic E-state index is 0.0876. The van der Waals surface area contributed by atoms with E-state index in [4.69, 9.17) is 16.2 Å². The summed E-state index contributed by atoms with van der Waals surface area (Å²) in [6, 6.07) is 22.0. The highest BCUT2D eigenvalue weighted by atomic mass is 79.9. The molecule has 0 bridgehead atoms. The first kappa shape index (κ1) is 29.1. The van der Waals surface area contributed by atoms with E-state index in [1.807, 2.05) is 54.6 Å². The number of rotatable bonds is 8. The second kappa shape index (κ2) is 15.7. The molecule has 0 radical (unpaired) electrons. The number of ether oxygens (including phenoxy) is 1. The van der Waals surface area contributed by atoms with Gasteiger partial charge in [0.05, 0.1) is 31.0 Å². The van der Waals surface area contributed by atoms with Crippen molar-refractivity contribution in [2.45, 2.75) is 6.42 Å². The first-order chi connectivity index (χ1) is 18.4. The number of hydrogen-bond donors (Lipinski definition) is 4. The predicted molar refractivity (Wildman–Crippen MR) is 158 cm³/mol. The van der Waals surface area contributed by atoms with Crippen molar-refractivity contribution in [1.29, 1.82) is 0 Å². The van der Waals surface area contributed by atoms with E-state index in [1.54, 1.807) is 24.3 Å². The summed E-state index contributed by atoms with van der Waals surface area (Å²) in [4.78, 5) is 26.5. The van der Waals surface area contributed by atoms with Crippen LogP contribution in [0.2, 0.25) is 0 Å².